The fourth-order valence-corrected chi connectivity index (χ4v) is 3.84. The van der Waals surface area contributed by atoms with Gasteiger partial charge in [-0.15, -0.1) is 0 Å². The van der Waals surface area contributed by atoms with Crippen LogP contribution in [0.2, 0.25) is 0 Å². The Morgan fingerprint density at radius 2 is 1.67 bits per heavy atom. The van der Waals surface area contributed by atoms with Gasteiger partial charge < -0.3 is 15.0 Å². The second kappa shape index (κ2) is 12.9. The quantitative estimate of drug-likeness (QED) is 0.393. The normalized spacial score (nSPS) is 12.5. The molecule has 0 aliphatic heterocycles. The Morgan fingerprint density at radius 3 is 2.33 bits per heavy atom. The molecule has 0 fully saturated rings. The molecule has 5 nitrogen and oxygen atoms in total. The van der Waals surface area contributed by atoms with Gasteiger partial charge in [-0.25, -0.2) is 4.39 Å². The van der Waals surface area contributed by atoms with Gasteiger partial charge in [-0.3, -0.25) is 9.59 Å². The van der Waals surface area contributed by atoms with Crippen LogP contribution in [0, 0.1) is 19.7 Å². The highest BCUT2D eigenvalue weighted by Gasteiger charge is 2.31. The van der Waals surface area contributed by atoms with Gasteiger partial charge in [0.2, 0.25) is 5.91 Å². The van der Waals surface area contributed by atoms with Gasteiger partial charge in [-0.2, -0.15) is 0 Å². The van der Waals surface area contributed by atoms with Crippen molar-refractivity contribution in [3.8, 4) is 5.75 Å². The molecule has 0 radical (unpaired) electrons. The van der Waals surface area contributed by atoms with E-state index in [1.807, 2.05) is 76.2 Å². The van der Waals surface area contributed by atoms with Crippen molar-refractivity contribution in [2.45, 2.75) is 59.2 Å². The lowest BCUT2D eigenvalue weighted by Gasteiger charge is -2.32. The predicted octanol–water partition coefficient (Wildman–Crippen LogP) is 5.38. The van der Waals surface area contributed by atoms with Crippen LogP contribution in [0.15, 0.2) is 72.8 Å². The van der Waals surface area contributed by atoms with Crippen LogP contribution in [0.5, 0.6) is 5.75 Å². The lowest BCUT2D eigenvalue weighted by atomic mass is 10.0. The highest BCUT2D eigenvalue weighted by Crippen LogP contribution is 2.19. The van der Waals surface area contributed by atoms with E-state index in [1.165, 1.54) is 11.0 Å². The van der Waals surface area contributed by atoms with E-state index >= 15 is 0 Å². The zero-order valence-corrected chi connectivity index (χ0v) is 21.5. The molecular formula is C30H35FN2O3. The Morgan fingerprint density at radius 1 is 0.972 bits per heavy atom. The Hall–Kier alpha value is -3.67. The molecule has 0 heterocycles. The monoisotopic (exact) mass is 490 g/mol. The molecule has 0 saturated carbocycles. The molecule has 0 saturated heterocycles. The van der Waals surface area contributed by atoms with E-state index in [-0.39, 0.29) is 25.1 Å². The zero-order chi connectivity index (χ0) is 26.1. The number of nitrogens with zero attached hydrogens (tertiary/aromatic N) is 1. The van der Waals surface area contributed by atoms with E-state index in [4.69, 9.17) is 4.74 Å². The largest absolute Gasteiger partial charge is 0.484 e. The molecular weight excluding hydrogens is 455 g/mol. The van der Waals surface area contributed by atoms with Gasteiger partial charge >= 0.3 is 0 Å². The lowest BCUT2D eigenvalue weighted by Crippen LogP contribution is -2.53. The molecule has 0 aromatic heterocycles. The maximum absolute atomic E-state index is 14.6. The maximum atomic E-state index is 14.6. The molecule has 3 aromatic carbocycles. The van der Waals surface area contributed by atoms with Crippen molar-refractivity contribution >= 4 is 11.8 Å². The summed E-state index contributed by atoms with van der Waals surface area (Å²) in [5.41, 5.74) is 3.42. The van der Waals surface area contributed by atoms with Crippen molar-refractivity contribution in [2.75, 3.05) is 6.61 Å². The predicted molar refractivity (Wildman–Crippen MR) is 140 cm³/mol. The van der Waals surface area contributed by atoms with Gasteiger partial charge in [0.1, 0.15) is 17.6 Å². The first-order valence-corrected chi connectivity index (χ1v) is 12.4. The van der Waals surface area contributed by atoms with Crippen LogP contribution in [0.25, 0.3) is 0 Å². The second-order valence-electron chi connectivity index (χ2n) is 9.17. The van der Waals surface area contributed by atoms with E-state index in [0.717, 1.165) is 23.1 Å². The van der Waals surface area contributed by atoms with Gasteiger partial charge in [-0.05, 0) is 62.1 Å². The molecule has 1 N–H and O–H groups in total. The topological polar surface area (TPSA) is 58.6 Å². The van der Waals surface area contributed by atoms with Crippen molar-refractivity contribution in [1.29, 1.82) is 0 Å². The first kappa shape index (κ1) is 26.9. The summed E-state index contributed by atoms with van der Waals surface area (Å²) < 4.78 is 20.5. The van der Waals surface area contributed by atoms with Crippen LogP contribution in [0.4, 0.5) is 4.39 Å². The summed E-state index contributed by atoms with van der Waals surface area (Å²) in [6.45, 7) is 7.57. The van der Waals surface area contributed by atoms with Crippen LogP contribution >= 0.6 is 0 Å². The molecule has 190 valence electrons. The number of amides is 2. The standard InChI is InChI=1S/C30H35FN2O3/c1-5-23(4)32-30(35)28(18-24-11-7-6-8-12-24)33(19-25-13-9-10-14-27(25)31)29(34)20-36-26-16-15-21(2)22(3)17-26/h6-17,23,28H,5,18-20H2,1-4H3,(H,32,35)/t23-,28+/m0/s1. The van der Waals surface area contributed by atoms with Crippen LogP contribution in [0.1, 0.15) is 42.5 Å². The number of aryl methyl sites for hydroxylation is 2. The van der Waals surface area contributed by atoms with E-state index in [0.29, 0.717) is 17.7 Å². The molecule has 3 aromatic rings. The van der Waals surface area contributed by atoms with E-state index in [2.05, 4.69) is 5.32 Å². The molecule has 0 unspecified atom stereocenters. The first-order chi connectivity index (χ1) is 17.3. The smallest absolute Gasteiger partial charge is 0.261 e. The number of hydrogen-bond acceptors (Lipinski definition) is 3. The summed E-state index contributed by atoms with van der Waals surface area (Å²) in [4.78, 5) is 28.5. The minimum absolute atomic E-state index is 0.0484. The second-order valence-corrected chi connectivity index (χ2v) is 9.17. The van der Waals surface area contributed by atoms with Crippen LogP contribution in [0.3, 0.4) is 0 Å². The fraction of sp³-hybridized carbons (Fsp3) is 0.333. The molecule has 0 spiro atoms. The Bertz CT molecular complexity index is 1170. The van der Waals surface area contributed by atoms with Gasteiger partial charge in [-0.1, -0.05) is 61.5 Å². The molecule has 0 bridgehead atoms. The average molecular weight is 491 g/mol. The highest BCUT2D eigenvalue weighted by molar-refractivity contribution is 5.88. The van der Waals surface area contributed by atoms with Gasteiger partial charge in [0.25, 0.3) is 5.91 Å². The fourth-order valence-electron chi connectivity index (χ4n) is 3.84. The van der Waals surface area contributed by atoms with Crippen molar-refractivity contribution in [3.05, 3.63) is 101 Å². The van der Waals surface area contributed by atoms with E-state index in [1.54, 1.807) is 18.2 Å². The lowest BCUT2D eigenvalue weighted by molar-refractivity contribution is -0.143. The number of carbonyl (C=O) groups excluding carboxylic acids is 2. The highest BCUT2D eigenvalue weighted by atomic mass is 19.1. The van der Waals surface area contributed by atoms with Crippen LogP contribution < -0.4 is 10.1 Å². The molecule has 6 heteroatoms. The minimum atomic E-state index is -0.836. The van der Waals surface area contributed by atoms with Crippen molar-refractivity contribution in [2.24, 2.45) is 0 Å². The molecule has 0 aliphatic carbocycles. The minimum Gasteiger partial charge on any atom is -0.484 e. The molecule has 3 rings (SSSR count). The number of ether oxygens (including phenoxy) is 1. The van der Waals surface area contributed by atoms with Crippen molar-refractivity contribution in [3.63, 3.8) is 0 Å². The maximum Gasteiger partial charge on any atom is 0.261 e. The van der Waals surface area contributed by atoms with E-state index in [9.17, 15) is 14.0 Å². The number of hydrogen-bond donors (Lipinski definition) is 1. The van der Waals surface area contributed by atoms with Crippen LogP contribution in [-0.4, -0.2) is 35.4 Å². The molecule has 2 atom stereocenters. The average Bonchev–Trinajstić information content (AvgIpc) is 2.88. The van der Waals surface area contributed by atoms with Gasteiger partial charge in [0.15, 0.2) is 6.61 Å². The molecule has 0 aliphatic rings. The third kappa shape index (κ3) is 7.41. The SMILES string of the molecule is CC[C@H](C)NC(=O)[C@@H](Cc1ccccc1)N(Cc1ccccc1F)C(=O)COc1ccc(C)c(C)c1. The molecule has 2 amide bonds. The summed E-state index contributed by atoms with van der Waals surface area (Å²) in [5.74, 6) is -0.520. The zero-order valence-electron chi connectivity index (χ0n) is 21.5. The van der Waals surface area contributed by atoms with E-state index < -0.39 is 17.8 Å². The Labute approximate surface area is 213 Å². The van der Waals surface area contributed by atoms with Crippen LogP contribution in [-0.2, 0) is 22.6 Å². The summed E-state index contributed by atoms with van der Waals surface area (Å²) >= 11 is 0. The molecule has 36 heavy (non-hydrogen) atoms. The van der Waals surface area contributed by atoms with Gasteiger partial charge in [0.05, 0.1) is 0 Å². The third-order valence-corrected chi connectivity index (χ3v) is 6.41. The Balaban J connectivity index is 1.92. The summed E-state index contributed by atoms with van der Waals surface area (Å²) in [6, 6.07) is 20.6. The number of nitrogens with one attached hydrogen (secondary N) is 1. The number of carbonyl (C=O) groups is 2. The van der Waals surface area contributed by atoms with Crippen molar-refractivity contribution < 1.29 is 18.7 Å². The number of rotatable bonds is 11. The van der Waals surface area contributed by atoms with Gasteiger partial charge in [0, 0.05) is 24.6 Å². The first-order valence-electron chi connectivity index (χ1n) is 12.4. The number of benzene rings is 3. The summed E-state index contributed by atoms with van der Waals surface area (Å²) in [5, 5.41) is 3.01. The van der Waals surface area contributed by atoms with Crippen molar-refractivity contribution in [1.82, 2.24) is 10.2 Å². The number of halogens is 1. The summed E-state index contributed by atoms with van der Waals surface area (Å²) in [7, 11) is 0. The summed E-state index contributed by atoms with van der Waals surface area (Å²) in [6.07, 6.45) is 1.05. The Kier molecular flexibility index (Phi) is 9.62. The third-order valence-electron chi connectivity index (χ3n) is 6.41.